The smallest absolute Gasteiger partial charge is 0.415 e. The highest BCUT2D eigenvalue weighted by Crippen LogP contribution is 2.32. The van der Waals surface area contributed by atoms with E-state index in [2.05, 4.69) is 78.9 Å². The average Bonchev–Trinajstić information content (AvgIpc) is 2.57. The molecule has 5 nitrogen and oxygen atoms in total. The van der Waals surface area contributed by atoms with Crippen LogP contribution in [0.4, 0.5) is 0 Å². The van der Waals surface area contributed by atoms with Crippen molar-refractivity contribution < 1.29 is 17.1 Å². The Balaban J connectivity index is 6.46. The van der Waals surface area contributed by atoms with E-state index in [-0.39, 0.29) is 11.6 Å². The lowest BCUT2D eigenvalue weighted by Crippen LogP contribution is -2.71. The third-order valence-corrected chi connectivity index (χ3v) is 21.9. The lowest BCUT2D eigenvalue weighted by molar-refractivity contribution is -0.118. The Labute approximate surface area is 178 Å². The third-order valence-electron chi connectivity index (χ3n) is 5.34. The highest BCUT2D eigenvalue weighted by atomic mass is 28.5. The summed E-state index contributed by atoms with van der Waals surface area (Å²) in [6, 6.07) is 2.92. The fourth-order valence-corrected chi connectivity index (χ4v) is 17.5. The second-order valence-electron chi connectivity index (χ2n) is 9.46. The Hall–Kier alpha value is -0.0425. The van der Waals surface area contributed by atoms with Crippen molar-refractivity contribution in [2.45, 2.75) is 104 Å². The molecule has 0 aromatic carbocycles. The van der Waals surface area contributed by atoms with E-state index >= 15 is 0 Å². The van der Waals surface area contributed by atoms with E-state index in [1.54, 1.807) is 6.92 Å². The van der Waals surface area contributed by atoms with Crippen LogP contribution in [0.1, 0.15) is 41.0 Å². The first kappa shape index (κ1) is 28.0. The van der Waals surface area contributed by atoms with Gasteiger partial charge in [0.15, 0.2) is 25.0 Å². The Kier molecular flexibility index (Phi) is 10.8. The molecule has 28 heavy (non-hydrogen) atoms. The summed E-state index contributed by atoms with van der Waals surface area (Å²) in [4.78, 5) is 12.5. The summed E-state index contributed by atoms with van der Waals surface area (Å²) in [5, 5.41) is 3.16. The Bertz CT molecular complexity index is 492. The largest absolute Gasteiger partial charge is 0.493 e. The second kappa shape index (κ2) is 10.8. The molecule has 0 bridgehead atoms. The maximum atomic E-state index is 12.5. The van der Waals surface area contributed by atoms with Crippen LogP contribution in [0.15, 0.2) is 12.2 Å². The van der Waals surface area contributed by atoms with Crippen molar-refractivity contribution in [2.75, 3.05) is 0 Å². The zero-order valence-corrected chi connectivity index (χ0v) is 24.2. The zero-order chi connectivity index (χ0) is 22.4. The van der Waals surface area contributed by atoms with Gasteiger partial charge in [0.2, 0.25) is 5.91 Å². The molecular weight excluding hydrogens is 419 g/mol. The van der Waals surface area contributed by atoms with E-state index in [4.69, 9.17) is 12.3 Å². The average molecular weight is 464 g/mol. The van der Waals surface area contributed by atoms with Crippen LogP contribution in [0.3, 0.4) is 0 Å². The van der Waals surface area contributed by atoms with Crippen LogP contribution < -0.4 is 5.32 Å². The van der Waals surface area contributed by atoms with Gasteiger partial charge in [-0.3, -0.25) is 4.79 Å². The van der Waals surface area contributed by atoms with Crippen LogP contribution in [0.5, 0.6) is 0 Å². The van der Waals surface area contributed by atoms with E-state index in [9.17, 15) is 4.79 Å². The highest BCUT2D eigenvalue weighted by molar-refractivity contribution is 6.91. The molecule has 0 heterocycles. The first-order valence-corrected chi connectivity index (χ1v) is 21.8. The van der Waals surface area contributed by atoms with Crippen LogP contribution >= 0.6 is 0 Å². The first-order valence-electron chi connectivity index (χ1n) is 10.7. The molecule has 1 atom stereocenters. The summed E-state index contributed by atoms with van der Waals surface area (Å²) in [7, 11) is -9.23. The van der Waals surface area contributed by atoms with Gasteiger partial charge in [-0.15, -0.1) is 0 Å². The normalized spacial score (nSPS) is 14.7. The summed E-state index contributed by atoms with van der Waals surface area (Å²) >= 11 is 0. The fraction of sp³-hybridized carbons (Fsp3) is 0.842. The molecule has 0 spiro atoms. The molecule has 0 saturated heterocycles. The van der Waals surface area contributed by atoms with Crippen molar-refractivity contribution >= 4 is 39.7 Å². The quantitative estimate of drug-likeness (QED) is 0.283. The Morgan fingerprint density at radius 1 is 0.821 bits per heavy atom. The highest BCUT2D eigenvalue weighted by Gasteiger charge is 2.57. The van der Waals surface area contributed by atoms with Crippen molar-refractivity contribution in [1.29, 1.82) is 0 Å². The monoisotopic (exact) mass is 463 g/mol. The third kappa shape index (κ3) is 8.76. The molecule has 0 aromatic heterocycles. The topological polar surface area (TPSA) is 56.8 Å². The predicted molar refractivity (Wildman–Crippen MR) is 130 cm³/mol. The molecule has 1 unspecified atom stereocenters. The molecule has 9 heteroatoms. The SMILES string of the molecule is C=C(C)C(=O)NC(CC)[Si](O[Si](C)(C)CC)(O[Si](C)(C)CC)O[Si](C)(C)CC. The van der Waals surface area contributed by atoms with E-state index in [1.165, 1.54) is 0 Å². The molecule has 0 aromatic rings. The second-order valence-corrected chi connectivity index (χ2v) is 26.5. The zero-order valence-electron chi connectivity index (χ0n) is 20.2. The summed E-state index contributed by atoms with van der Waals surface area (Å²) in [5.41, 5.74) is 0.235. The lowest BCUT2D eigenvalue weighted by Gasteiger charge is -2.47. The molecule has 1 amide bonds. The molecule has 0 saturated carbocycles. The minimum atomic E-state index is -3.19. The van der Waals surface area contributed by atoms with Gasteiger partial charge in [0.05, 0.1) is 5.67 Å². The van der Waals surface area contributed by atoms with Crippen molar-refractivity contribution in [2.24, 2.45) is 0 Å². The molecule has 0 rings (SSSR count). The number of amides is 1. The van der Waals surface area contributed by atoms with Gasteiger partial charge in [-0.25, -0.2) is 0 Å². The predicted octanol–water partition coefficient (Wildman–Crippen LogP) is 5.66. The van der Waals surface area contributed by atoms with Crippen LogP contribution in [-0.2, 0) is 17.1 Å². The summed E-state index contributed by atoms with van der Waals surface area (Å²) in [5.74, 6) is -0.151. The van der Waals surface area contributed by atoms with Crippen LogP contribution in [0, 0.1) is 0 Å². The summed E-state index contributed by atoms with van der Waals surface area (Å²) in [6.45, 7) is 27.4. The molecule has 1 N–H and O–H groups in total. The number of hydrogen-bond donors (Lipinski definition) is 1. The molecule has 0 fully saturated rings. The molecule has 0 aliphatic rings. The maximum absolute atomic E-state index is 12.5. The van der Waals surface area contributed by atoms with E-state index in [0.29, 0.717) is 12.0 Å². The summed E-state index contributed by atoms with van der Waals surface area (Å²) in [6.07, 6.45) is 0.710. The van der Waals surface area contributed by atoms with Gasteiger partial charge in [0.25, 0.3) is 0 Å². The van der Waals surface area contributed by atoms with Gasteiger partial charge in [0.1, 0.15) is 0 Å². The van der Waals surface area contributed by atoms with Crippen LogP contribution in [-0.4, -0.2) is 45.3 Å². The van der Waals surface area contributed by atoms with E-state index in [1.807, 2.05) is 0 Å². The molecule has 0 radical (unpaired) electrons. The van der Waals surface area contributed by atoms with Gasteiger partial charge in [-0.05, 0) is 70.8 Å². The van der Waals surface area contributed by atoms with Crippen LogP contribution in [0.25, 0.3) is 0 Å². The number of carbonyl (C=O) groups is 1. The summed E-state index contributed by atoms with van der Waals surface area (Å²) < 4.78 is 20.8. The number of hydrogen-bond acceptors (Lipinski definition) is 4. The van der Waals surface area contributed by atoms with Crippen molar-refractivity contribution in [3.63, 3.8) is 0 Å². The number of carbonyl (C=O) groups excluding carboxylic acids is 1. The Morgan fingerprint density at radius 3 is 1.36 bits per heavy atom. The molecular formula is C19H45NO4Si4. The van der Waals surface area contributed by atoms with Crippen molar-refractivity contribution in [3.05, 3.63) is 12.2 Å². The maximum Gasteiger partial charge on any atom is 0.493 e. The van der Waals surface area contributed by atoms with Gasteiger partial charge in [0, 0.05) is 5.57 Å². The Morgan fingerprint density at radius 2 is 1.14 bits per heavy atom. The van der Waals surface area contributed by atoms with E-state index in [0.717, 1.165) is 18.1 Å². The minimum Gasteiger partial charge on any atom is -0.415 e. The van der Waals surface area contributed by atoms with Gasteiger partial charge < -0.3 is 17.7 Å². The standard InChI is InChI=1S/C19H45NO4Si4/c1-13-18(20-19(21)17(5)6)28(22-25(7,8)14-2,23-26(9,10)15-3)24-27(11,12)16-4/h18H,5,13-16H2,1-4,6-12H3,(H,20,21). The number of rotatable bonds is 13. The van der Waals surface area contributed by atoms with Gasteiger partial charge in [-0.2, -0.15) is 0 Å². The minimum absolute atomic E-state index is 0.151. The van der Waals surface area contributed by atoms with Crippen molar-refractivity contribution in [3.8, 4) is 0 Å². The van der Waals surface area contributed by atoms with Crippen molar-refractivity contribution in [1.82, 2.24) is 5.32 Å². The molecule has 0 aliphatic heterocycles. The van der Waals surface area contributed by atoms with Gasteiger partial charge >= 0.3 is 8.80 Å². The fourth-order valence-electron chi connectivity index (χ4n) is 2.37. The lowest BCUT2D eigenvalue weighted by atomic mass is 10.3. The molecule has 0 aliphatic carbocycles. The van der Waals surface area contributed by atoms with E-state index < -0.39 is 33.8 Å². The first-order chi connectivity index (χ1) is 12.6. The van der Waals surface area contributed by atoms with Gasteiger partial charge in [-0.1, -0.05) is 34.3 Å². The molecule has 166 valence electrons. The number of nitrogens with one attached hydrogen (secondary N) is 1. The van der Waals surface area contributed by atoms with Crippen LogP contribution in [0.2, 0.25) is 57.4 Å².